The fraction of sp³-hybridized carbons (Fsp3) is 0. The number of hydrogen-bond acceptors (Lipinski definition) is 4. The highest BCUT2D eigenvalue weighted by atomic mass is 35.5. The number of pyridine rings is 1. The molecule has 0 atom stereocenters. The summed E-state index contributed by atoms with van der Waals surface area (Å²) in [6, 6.07) is 15.0. The molecule has 2 aromatic carbocycles. The van der Waals surface area contributed by atoms with Gasteiger partial charge in [0.25, 0.3) is 15.9 Å². The number of anilines is 2. The van der Waals surface area contributed by atoms with E-state index in [9.17, 15) is 13.2 Å². The monoisotopic (exact) mass is 421 g/mol. The van der Waals surface area contributed by atoms with E-state index in [1.165, 1.54) is 30.5 Å². The summed E-state index contributed by atoms with van der Waals surface area (Å²) in [5.41, 5.74) is 0.533. The number of nitrogens with one attached hydrogen (secondary N) is 2. The minimum atomic E-state index is -3.87. The molecular formula is C18H13Cl2N3O3S. The Morgan fingerprint density at radius 3 is 2.30 bits per heavy atom. The molecule has 1 amide bonds. The summed E-state index contributed by atoms with van der Waals surface area (Å²) in [6.45, 7) is 0. The second-order valence-corrected chi connectivity index (χ2v) is 8.01. The maximum atomic E-state index is 12.6. The lowest BCUT2D eigenvalue weighted by molar-refractivity contribution is 0.102. The van der Waals surface area contributed by atoms with Crippen LogP contribution in [0.3, 0.4) is 0 Å². The van der Waals surface area contributed by atoms with Crippen LogP contribution in [0.2, 0.25) is 10.0 Å². The van der Waals surface area contributed by atoms with Gasteiger partial charge in [0.1, 0.15) is 5.82 Å². The van der Waals surface area contributed by atoms with Crippen LogP contribution in [-0.2, 0) is 10.0 Å². The molecule has 0 unspecified atom stereocenters. The summed E-state index contributed by atoms with van der Waals surface area (Å²) < 4.78 is 27.5. The Bertz CT molecular complexity index is 1070. The van der Waals surface area contributed by atoms with Gasteiger partial charge in [-0.2, -0.15) is 0 Å². The number of halogens is 2. The molecule has 0 saturated carbocycles. The van der Waals surface area contributed by atoms with Crippen molar-refractivity contribution in [1.82, 2.24) is 4.98 Å². The zero-order chi connectivity index (χ0) is 19.4. The van der Waals surface area contributed by atoms with Gasteiger partial charge in [-0.15, -0.1) is 0 Å². The van der Waals surface area contributed by atoms with Crippen LogP contribution in [0.5, 0.6) is 0 Å². The first-order chi connectivity index (χ1) is 12.8. The summed E-state index contributed by atoms with van der Waals surface area (Å²) in [4.78, 5) is 16.3. The van der Waals surface area contributed by atoms with Crippen LogP contribution < -0.4 is 10.0 Å². The average Bonchev–Trinajstić information content (AvgIpc) is 2.65. The molecule has 6 nitrogen and oxygen atoms in total. The molecule has 2 N–H and O–H groups in total. The Morgan fingerprint density at radius 1 is 0.926 bits per heavy atom. The lowest BCUT2D eigenvalue weighted by atomic mass is 10.2. The van der Waals surface area contributed by atoms with Gasteiger partial charge < -0.3 is 5.32 Å². The number of hydrogen-bond donors (Lipinski definition) is 2. The summed E-state index contributed by atoms with van der Waals surface area (Å²) in [6.07, 6.45) is 1.40. The summed E-state index contributed by atoms with van der Waals surface area (Å²) >= 11 is 11.6. The van der Waals surface area contributed by atoms with E-state index < -0.39 is 15.9 Å². The molecule has 1 aromatic heterocycles. The predicted molar refractivity (Wildman–Crippen MR) is 106 cm³/mol. The van der Waals surface area contributed by atoms with Gasteiger partial charge in [-0.3, -0.25) is 9.52 Å². The molecule has 0 aliphatic rings. The third-order valence-corrected chi connectivity index (χ3v) is 5.33. The van der Waals surface area contributed by atoms with Crippen molar-refractivity contribution in [1.29, 1.82) is 0 Å². The molecule has 0 aliphatic heterocycles. The lowest BCUT2D eigenvalue weighted by Gasteiger charge is -2.10. The number of aromatic nitrogens is 1. The minimum Gasteiger partial charge on any atom is -0.307 e. The number of benzene rings is 2. The van der Waals surface area contributed by atoms with E-state index >= 15 is 0 Å². The SMILES string of the molecule is O=C(Nc1ccc(Cl)cn1)c1cccc(S(=O)(=O)Nc2ccc(Cl)cc2)c1. The highest BCUT2D eigenvalue weighted by molar-refractivity contribution is 7.92. The quantitative estimate of drug-likeness (QED) is 0.636. The number of carbonyl (C=O) groups is 1. The van der Waals surface area contributed by atoms with E-state index in [-0.39, 0.29) is 10.5 Å². The molecule has 0 aliphatic carbocycles. The number of rotatable bonds is 5. The second-order valence-electron chi connectivity index (χ2n) is 5.46. The van der Waals surface area contributed by atoms with E-state index in [0.717, 1.165) is 0 Å². The van der Waals surface area contributed by atoms with E-state index in [0.29, 0.717) is 21.6 Å². The van der Waals surface area contributed by atoms with Crippen LogP contribution in [0.1, 0.15) is 10.4 Å². The molecule has 0 radical (unpaired) electrons. The zero-order valence-corrected chi connectivity index (χ0v) is 16.0. The van der Waals surface area contributed by atoms with Crippen molar-refractivity contribution in [2.24, 2.45) is 0 Å². The third kappa shape index (κ3) is 4.97. The molecule has 0 fully saturated rings. The van der Waals surface area contributed by atoms with Crippen molar-refractivity contribution in [3.63, 3.8) is 0 Å². The van der Waals surface area contributed by atoms with Gasteiger partial charge in [-0.05, 0) is 54.6 Å². The normalized spacial score (nSPS) is 11.0. The van der Waals surface area contributed by atoms with Crippen LogP contribution in [0.25, 0.3) is 0 Å². The predicted octanol–water partition coefficient (Wildman–Crippen LogP) is 4.44. The van der Waals surface area contributed by atoms with Gasteiger partial charge in [0.2, 0.25) is 0 Å². The molecule has 27 heavy (non-hydrogen) atoms. The maximum absolute atomic E-state index is 12.6. The van der Waals surface area contributed by atoms with Gasteiger partial charge >= 0.3 is 0 Å². The van der Waals surface area contributed by atoms with E-state index in [2.05, 4.69) is 15.0 Å². The number of sulfonamides is 1. The van der Waals surface area contributed by atoms with Gasteiger partial charge in [0.15, 0.2) is 0 Å². The van der Waals surface area contributed by atoms with Gasteiger partial charge in [0, 0.05) is 22.5 Å². The first kappa shape index (κ1) is 19.2. The van der Waals surface area contributed by atoms with Crippen molar-refractivity contribution in [2.45, 2.75) is 4.90 Å². The van der Waals surface area contributed by atoms with E-state index in [1.54, 1.807) is 36.4 Å². The molecule has 3 aromatic rings. The van der Waals surface area contributed by atoms with Crippen LogP contribution >= 0.6 is 23.2 Å². The zero-order valence-electron chi connectivity index (χ0n) is 13.7. The number of carbonyl (C=O) groups excluding carboxylic acids is 1. The van der Waals surface area contributed by atoms with Crippen LogP contribution in [0.15, 0.2) is 71.8 Å². The van der Waals surface area contributed by atoms with E-state index in [1.807, 2.05) is 0 Å². The fourth-order valence-corrected chi connectivity index (χ4v) is 3.52. The molecule has 3 rings (SSSR count). The largest absolute Gasteiger partial charge is 0.307 e. The standard InChI is InChI=1S/C18H13Cl2N3O3S/c19-13-4-7-15(8-5-13)23-27(25,26)16-3-1-2-12(10-16)18(24)22-17-9-6-14(20)11-21-17/h1-11,23H,(H,21,22,24). The first-order valence-corrected chi connectivity index (χ1v) is 9.89. The number of amides is 1. The van der Waals surface area contributed by atoms with Gasteiger partial charge in [-0.1, -0.05) is 29.3 Å². The molecule has 0 saturated heterocycles. The lowest BCUT2D eigenvalue weighted by Crippen LogP contribution is -2.16. The fourth-order valence-electron chi connectivity index (χ4n) is 2.17. The Kier molecular flexibility index (Phi) is 5.65. The first-order valence-electron chi connectivity index (χ1n) is 7.65. The molecule has 9 heteroatoms. The molecular weight excluding hydrogens is 409 g/mol. The Morgan fingerprint density at radius 2 is 1.63 bits per heavy atom. The van der Waals surface area contributed by atoms with Crippen molar-refractivity contribution in [3.05, 3.63) is 82.5 Å². The molecule has 0 spiro atoms. The second kappa shape index (κ2) is 7.96. The van der Waals surface area contributed by atoms with Crippen LogP contribution in [-0.4, -0.2) is 19.3 Å². The molecule has 138 valence electrons. The Labute approximate surface area is 166 Å². The number of nitrogens with zero attached hydrogens (tertiary/aromatic N) is 1. The summed E-state index contributed by atoms with van der Waals surface area (Å²) in [5, 5.41) is 3.51. The summed E-state index contributed by atoms with van der Waals surface area (Å²) in [7, 11) is -3.87. The van der Waals surface area contributed by atoms with Gasteiger partial charge in [-0.25, -0.2) is 13.4 Å². The molecule has 0 bridgehead atoms. The van der Waals surface area contributed by atoms with Crippen molar-refractivity contribution in [2.75, 3.05) is 10.0 Å². The maximum Gasteiger partial charge on any atom is 0.261 e. The Hall–Kier alpha value is -2.61. The summed E-state index contributed by atoms with van der Waals surface area (Å²) in [5.74, 6) is -0.190. The van der Waals surface area contributed by atoms with Crippen LogP contribution in [0.4, 0.5) is 11.5 Å². The minimum absolute atomic E-state index is 0.0471. The van der Waals surface area contributed by atoms with Crippen molar-refractivity contribution < 1.29 is 13.2 Å². The van der Waals surface area contributed by atoms with E-state index in [4.69, 9.17) is 23.2 Å². The Balaban J connectivity index is 1.80. The highest BCUT2D eigenvalue weighted by Gasteiger charge is 2.17. The molecule has 1 heterocycles. The average molecular weight is 422 g/mol. The van der Waals surface area contributed by atoms with Crippen molar-refractivity contribution >= 4 is 50.6 Å². The van der Waals surface area contributed by atoms with Crippen molar-refractivity contribution in [3.8, 4) is 0 Å². The highest BCUT2D eigenvalue weighted by Crippen LogP contribution is 2.20. The van der Waals surface area contributed by atoms with Crippen LogP contribution in [0, 0.1) is 0 Å². The topological polar surface area (TPSA) is 88.2 Å². The third-order valence-electron chi connectivity index (χ3n) is 3.47. The van der Waals surface area contributed by atoms with Gasteiger partial charge in [0.05, 0.1) is 9.92 Å². The smallest absolute Gasteiger partial charge is 0.261 e.